The van der Waals surface area contributed by atoms with Crippen LogP contribution in [0.2, 0.25) is 0 Å². The third-order valence-electron chi connectivity index (χ3n) is 3.46. The van der Waals surface area contributed by atoms with Gasteiger partial charge in [0.1, 0.15) is 0 Å². The molecule has 1 aliphatic heterocycles. The van der Waals surface area contributed by atoms with Crippen LogP contribution in [0.3, 0.4) is 0 Å². The van der Waals surface area contributed by atoms with Crippen LogP contribution < -0.4 is 0 Å². The van der Waals surface area contributed by atoms with E-state index in [0.29, 0.717) is 0 Å². The first kappa shape index (κ1) is 18.3. The molecule has 2 aliphatic rings. The Morgan fingerprint density at radius 2 is 1.06 bits per heavy atom. The quantitative estimate of drug-likeness (QED) is 0.567. The van der Waals surface area contributed by atoms with Crippen molar-refractivity contribution in [3.63, 3.8) is 0 Å². The normalized spacial score (nSPS) is 21.2. The van der Waals surface area contributed by atoms with Gasteiger partial charge in [0.2, 0.25) is 0 Å². The Balaban J connectivity index is 0. The molecule has 0 bridgehead atoms. The fourth-order valence-corrected chi connectivity index (χ4v) is 2.27. The van der Waals surface area contributed by atoms with Gasteiger partial charge in [-0.1, -0.05) is 48.0 Å². The SMILES string of the molecule is CC.CC.CC.CN1CCC2(CCC2)CC1. The standard InChI is InChI=1S/C9H17N.3C2H6/c1-10-7-5-9(6-8-10)3-2-4-9;3*1-2/h2-8H2,1H3;3*1-2H3. The third kappa shape index (κ3) is 5.89. The van der Waals surface area contributed by atoms with Crippen molar-refractivity contribution < 1.29 is 0 Å². The van der Waals surface area contributed by atoms with Crippen LogP contribution in [-0.4, -0.2) is 25.0 Å². The van der Waals surface area contributed by atoms with E-state index in [1.165, 1.54) is 45.2 Å². The van der Waals surface area contributed by atoms with Crippen molar-refractivity contribution >= 4 is 0 Å². The molecule has 16 heavy (non-hydrogen) atoms. The topological polar surface area (TPSA) is 3.24 Å². The highest BCUT2D eigenvalue weighted by atomic mass is 15.1. The molecule has 2 rings (SSSR count). The lowest BCUT2D eigenvalue weighted by Gasteiger charge is -2.47. The summed E-state index contributed by atoms with van der Waals surface area (Å²) in [6.45, 7) is 14.7. The molecular formula is C15H35N. The predicted molar refractivity (Wildman–Crippen MR) is 77.1 cm³/mol. The summed E-state index contributed by atoms with van der Waals surface area (Å²) in [5, 5.41) is 0. The summed E-state index contributed by atoms with van der Waals surface area (Å²) in [6, 6.07) is 0. The van der Waals surface area contributed by atoms with Crippen molar-refractivity contribution in [3.8, 4) is 0 Å². The van der Waals surface area contributed by atoms with Crippen LogP contribution >= 0.6 is 0 Å². The number of hydrogen-bond acceptors (Lipinski definition) is 1. The minimum absolute atomic E-state index is 0.840. The lowest BCUT2D eigenvalue weighted by atomic mass is 9.63. The maximum absolute atomic E-state index is 2.46. The Bertz CT molecular complexity index is 117. The van der Waals surface area contributed by atoms with Crippen LogP contribution in [0.5, 0.6) is 0 Å². The van der Waals surface area contributed by atoms with Gasteiger partial charge in [-0.05, 0) is 51.2 Å². The highest BCUT2D eigenvalue weighted by Gasteiger charge is 2.38. The van der Waals surface area contributed by atoms with Crippen molar-refractivity contribution in [3.05, 3.63) is 0 Å². The maximum Gasteiger partial charge on any atom is -0.00165 e. The largest absolute Gasteiger partial charge is 0.306 e. The molecule has 100 valence electrons. The van der Waals surface area contributed by atoms with Crippen LogP contribution in [0.4, 0.5) is 0 Å². The Morgan fingerprint density at radius 3 is 1.31 bits per heavy atom. The Labute approximate surface area is 105 Å². The summed E-state index contributed by atoms with van der Waals surface area (Å²) >= 11 is 0. The van der Waals surface area contributed by atoms with E-state index in [-0.39, 0.29) is 0 Å². The van der Waals surface area contributed by atoms with Crippen molar-refractivity contribution in [1.82, 2.24) is 4.90 Å². The third-order valence-corrected chi connectivity index (χ3v) is 3.46. The molecule has 0 unspecified atom stereocenters. The van der Waals surface area contributed by atoms with Crippen molar-refractivity contribution in [2.75, 3.05) is 20.1 Å². The van der Waals surface area contributed by atoms with Crippen LogP contribution in [-0.2, 0) is 0 Å². The Morgan fingerprint density at radius 1 is 0.688 bits per heavy atom. The summed E-state index contributed by atoms with van der Waals surface area (Å²) in [5.41, 5.74) is 0.840. The highest BCUT2D eigenvalue weighted by Crippen LogP contribution is 2.48. The summed E-state index contributed by atoms with van der Waals surface area (Å²) in [4.78, 5) is 2.46. The van der Waals surface area contributed by atoms with Crippen molar-refractivity contribution in [2.45, 2.75) is 73.6 Å². The summed E-state index contributed by atoms with van der Waals surface area (Å²) < 4.78 is 0. The lowest BCUT2D eigenvalue weighted by Crippen LogP contribution is -2.41. The molecule has 0 aromatic heterocycles. The minimum atomic E-state index is 0.840. The van der Waals surface area contributed by atoms with Gasteiger partial charge in [0, 0.05) is 0 Å². The zero-order valence-corrected chi connectivity index (χ0v) is 12.9. The van der Waals surface area contributed by atoms with Gasteiger partial charge in [-0.2, -0.15) is 0 Å². The summed E-state index contributed by atoms with van der Waals surface area (Å²) in [6.07, 6.45) is 7.51. The van der Waals surface area contributed by atoms with Gasteiger partial charge in [-0.3, -0.25) is 0 Å². The average Bonchev–Trinajstić information content (AvgIpc) is 2.36. The van der Waals surface area contributed by atoms with E-state index in [0.717, 1.165) is 5.41 Å². The van der Waals surface area contributed by atoms with E-state index in [1.807, 2.05) is 41.5 Å². The molecule has 0 aromatic carbocycles. The molecule has 1 saturated heterocycles. The van der Waals surface area contributed by atoms with E-state index >= 15 is 0 Å². The van der Waals surface area contributed by atoms with Gasteiger partial charge in [-0.15, -0.1) is 0 Å². The molecule has 0 radical (unpaired) electrons. The number of nitrogens with zero attached hydrogens (tertiary/aromatic N) is 1. The monoisotopic (exact) mass is 229 g/mol. The number of piperidine rings is 1. The zero-order chi connectivity index (χ0) is 13.0. The Kier molecular flexibility index (Phi) is 13.1. The fourth-order valence-electron chi connectivity index (χ4n) is 2.27. The first-order valence-corrected chi connectivity index (χ1v) is 7.49. The van der Waals surface area contributed by atoms with Gasteiger partial charge < -0.3 is 4.90 Å². The molecular weight excluding hydrogens is 194 g/mol. The average molecular weight is 229 g/mol. The Hall–Kier alpha value is -0.0400. The number of likely N-dealkylation sites (tertiary alicyclic amines) is 1. The first-order chi connectivity index (χ1) is 7.81. The number of rotatable bonds is 0. The van der Waals surface area contributed by atoms with E-state index in [2.05, 4.69) is 11.9 Å². The molecule has 1 saturated carbocycles. The van der Waals surface area contributed by atoms with Crippen LogP contribution in [0.15, 0.2) is 0 Å². The molecule has 0 N–H and O–H groups in total. The van der Waals surface area contributed by atoms with Crippen LogP contribution in [0.1, 0.15) is 73.6 Å². The van der Waals surface area contributed by atoms with Crippen LogP contribution in [0, 0.1) is 5.41 Å². The second-order valence-electron chi connectivity index (χ2n) is 4.16. The van der Waals surface area contributed by atoms with E-state index < -0.39 is 0 Å². The van der Waals surface area contributed by atoms with E-state index in [9.17, 15) is 0 Å². The molecule has 1 aliphatic carbocycles. The number of hydrogen-bond donors (Lipinski definition) is 0. The smallest absolute Gasteiger partial charge is 0.00165 e. The molecule has 1 spiro atoms. The molecule has 0 aromatic rings. The molecule has 0 atom stereocenters. The highest BCUT2D eigenvalue weighted by molar-refractivity contribution is 4.91. The molecule has 2 fully saturated rings. The van der Waals surface area contributed by atoms with Crippen molar-refractivity contribution in [1.29, 1.82) is 0 Å². The van der Waals surface area contributed by atoms with Gasteiger partial charge in [0.05, 0.1) is 0 Å². The van der Waals surface area contributed by atoms with Gasteiger partial charge in [-0.25, -0.2) is 0 Å². The minimum Gasteiger partial charge on any atom is -0.306 e. The predicted octanol–water partition coefficient (Wildman–Crippen LogP) is 4.96. The van der Waals surface area contributed by atoms with Gasteiger partial charge in [0.25, 0.3) is 0 Å². The second-order valence-corrected chi connectivity index (χ2v) is 4.16. The van der Waals surface area contributed by atoms with Gasteiger partial charge in [0.15, 0.2) is 0 Å². The summed E-state index contributed by atoms with van der Waals surface area (Å²) in [5.74, 6) is 0. The summed E-state index contributed by atoms with van der Waals surface area (Å²) in [7, 11) is 2.24. The molecule has 1 heteroatoms. The first-order valence-electron chi connectivity index (χ1n) is 7.49. The lowest BCUT2D eigenvalue weighted by molar-refractivity contribution is 0.0434. The molecule has 0 amide bonds. The van der Waals surface area contributed by atoms with Crippen LogP contribution in [0.25, 0.3) is 0 Å². The van der Waals surface area contributed by atoms with Crippen molar-refractivity contribution in [2.24, 2.45) is 5.41 Å². The van der Waals surface area contributed by atoms with E-state index in [4.69, 9.17) is 0 Å². The second kappa shape index (κ2) is 11.4. The zero-order valence-electron chi connectivity index (χ0n) is 12.9. The molecule has 1 heterocycles. The van der Waals surface area contributed by atoms with E-state index in [1.54, 1.807) is 0 Å². The molecule has 1 nitrogen and oxygen atoms in total. The fraction of sp³-hybridized carbons (Fsp3) is 1.00. The maximum atomic E-state index is 2.46. The van der Waals surface area contributed by atoms with Gasteiger partial charge >= 0.3 is 0 Å².